The van der Waals surface area contributed by atoms with Crippen molar-refractivity contribution < 1.29 is 4.74 Å². The van der Waals surface area contributed by atoms with Crippen molar-refractivity contribution in [3.63, 3.8) is 0 Å². The van der Waals surface area contributed by atoms with Gasteiger partial charge in [-0.3, -0.25) is 9.55 Å². The Hall–Kier alpha value is -3.12. The van der Waals surface area contributed by atoms with Crippen LogP contribution in [0.15, 0.2) is 84.3 Å². The van der Waals surface area contributed by atoms with Gasteiger partial charge in [-0.2, -0.15) is 0 Å². The Balaban J connectivity index is 1.63. The van der Waals surface area contributed by atoms with Gasteiger partial charge in [-0.05, 0) is 35.4 Å². The Morgan fingerprint density at radius 1 is 0.929 bits per heavy atom. The van der Waals surface area contributed by atoms with E-state index in [1.54, 1.807) is 25.1 Å². The van der Waals surface area contributed by atoms with Gasteiger partial charge in [-0.1, -0.05) is 54.2 Å². The molecule has 2 aromatic carbocycles. The molecule has 0 spiro atoms. The number of nitrogens with zero attached hydrogens (tertiary/aromatic N) is 4. The van der Waals surface area contributed by atoms with E-state index in [1.165, 1.54) is 11.1 Å². The molecule has 2 aromatic heterocycles. The molecule has 0 unspecified atom stereocenters. The van der Waals surface area contributed by atoms with Crippen LogP contribution in [-0.4, -0.2) is 26.9 Å². The summed E-state index contributed by atoms with van der Waals surface area (Å²) >= 11 is 1.67. The first kappa shape index (κ1) is 18.3. The molecule has 4 aromatic rings. The molecule has 0 atom stereocenters. The summed E-state index contributed by atoms with van der Waals surface area (Å²) in [5.41, 5.74) is 3.34. The summed E-state index contributed by atoms with van der Waals surface area (Å²) in [5.74, 6) is 2.47. The number of ether oxygens (including phenoxy) is 1. The number of rotatable bonds is 7. The SMILES string of the molecule is COc1cccc(CSc2nnc(-c3cccnc3)n2Cc2ccccc2)c1. The lowest BCUT2D eigenvalue weighted by atomic mass is 10.2. The molecule has 2 heterocycles. The largest absolute Gasteiger partial charge is 0.497 e. The van der Waals surface area contributed by atoms with Crippen LogP contribution in [0.4, 0.5) is 0 Å². The average Bonchev–Trinajstić information content (AvgIpc) is 3.16. The quantitative estimate of drug-likeness (QED) is 0.430. The van der Waals surface area contributed by atoms with E-state index in [4.69, 9.17) is 4.74 Å². The summed E-state index contributed by atoms with van der Waals surface area (Å²) < 4.78 is 7.47. The van der Waals surface area contributed by atoms with Crippen LogP contribution in [0, 0.1) is 0 Å². The van der Waals surface area contributed by atoms with Crippen LogP contribution in [0.1, 0.15) is 11.1 Å². The zero-order chi connectivity index (χ0) is 19.2. The maximum atomic E-state index is 5.32. The Morgan fingerprint density at radius 2 is 1.79 bits per heavy atom. The fourth-order valence-electron chi connectivity index (χ4n) is 2.92. The number of hydrogen-bond donors (Lipinski definition) is 0. The van der Waals surface area contributed by atoms with E-state index in [2.05, 4.69) is 37.9 Å². The lowest BCUT2D eigenvalue weighted by molar-refractivity contribution is 0.414. The smallest absolute Gasteiger partial charge is 0.192 e. The van der Waals surface area contributed by atoms with Crippen molar-refractivity contribution in [2.24, 2.45) is 0 Å². The van der Waals surface area contributed by atoms with Gasteiger partial charge >= 0.3 is 0 Å². The summed E-state index contributed by atoms with van der Waals surface area (Å²) in [4.78, 5) is 4.23. The summed E-state index contributed by atoms with van der Waals surface area (Å²) in [6.07, 6.45) is 3.59. The van der Waals surface area contributed by atoms with Crippen molar-refractivity contribution in [3.05, 3.63) is 90.3 Å². The second-order valence-electron chi connectivity index (χ2n) is 6.26. The Bertz CT molecular complexity index is 1030. The first-order valence-electron chi connectivity index (χ1n) is 8.97. The summed E-state index contributed by atoms with van der Waals surface area (Å²) in [5, 5.41) is 9.80. The van der Waals surface area contributed by atoms with E-state index in [-0.39, 0.29) is 0 Å². The number of hydrogen-bond acceptors (Lipinski definition) is 5. The van der Waals surface area contributed by atoms with E-state index < -0.39 is 0 Å². The maximum Gasteiger partial charge on any atom is 0.192 e. The second-order valence-corrected chi connectivity index (χ2v) is 7.20. The Labute approximate surface area is 168 Å². The van der Waals surface area contributed by atoms with E-state index >= 15 is 0 Å². The Kier molecular flexibility index (Phi) is 5.68. The van der Waals surface area contributed by atoms with Gasteiger partial charge in [0.2, 0.25) is 0 Å². The summed E-state index contributed by atoms with van der Waals surface area (Å²) in [6, 6.07) is 22.4. The van der Waals surface area contributed by atoms with Crippen LogP contribution in [0.3, 0.4) is 0 Å². The zero-order valence-electron chi connectivity index (χ0n) is 15.5. The normalized spacial score (nSPS) is 10.8. The third-order valence-electron chi connectivity index (χ3n) is 4.32. The van der Waals surface area contributed by atoms with E-state index in [1.807, 2.05) is 54.7 Å². The number of methoxy groups -OCH3 is 1. The van der Waals surface area contributed by atoms with Gasteiger partial charge in [0.15, 0.2) is 11.0 Å². The van der Waals surface area contributed by atoms with Gasteiger partial charge < -0.3 is 4.74 Å². The highest BCUT2D eigenvalue weighted by Crippen LogP contribution is 2.28. The highest BCUT2D eigenvalue weighted by molar-refractivity contribution is 7.98. The predicted molar refractivity (Wildman–Crippen MR) is 111 cm³/mol. The topological polar surface area (TPSA) is 52.8 Å². The first-order chi connectivity index (χ1) is 13.8. The number of aromatic nitrogens is 4. The number of thioether (sulfide) groups is 1. The lowest BCUT2D eigenvalue weighted by Crippen LogP contribution is -2.04. The monoisotopic (exact) mass is 388 g/mol. The maximum absolute atomic E-state index is 5.32. The van der Waals surface area contributed by atoms with Gasteiger partial charge in [0.25, 0.3) is 0 Å². The molecular formula is C22H20N4OS. The average molecular weight is 388 g/mol. The van der Waals surface area contributed by atoms with E-state index in [0.29, 0.717) is 6.54 Å². The van der Waals surface area contributed by atoms with Gasteiger partial charge in [-0.15, -0.1) is 10.2 Å². The van der Waals surface area contributed by atoms with Crippen LogP contribution >= 0.6 is 11.8 Å². The number of pyridine rings is 1. The van der Waals surface area contributed by atoms with Gasteiger partial charge in [0, 0.05) is 23.7 Å². The molecular weight excluding hydrogens is 368 g/mol. The van der Waals surface area contributed by atoms with Crippen LogP contribution in [0.2, 0.25) is 0 Å². The zero-order valence-corrected chi connectivity index (χ0v) is 16.3. The minimum absolute atomic E-state index is 0.707. The highest BCUT2D eigenvalue weighted by Gasteiger charge is 2.15. The summed E-state index contributed by atoms with van der Waals surface area (Å²) in [6.45, 7) is 0.707. The van der Waals surface area contributed by atoms with Crippen molar-refractivity contribution >= 4 is 11.8 Å². The van der Waals surface area contributed by atoms with Crippen molar-refractivity contribution in [2.45, 2.75) is 17.5 Å². The predicted octanol–water partition coefficient (Wildman–Crippen LogP) is 4.69. The van der Waals surface area contributed by atoms with Gasteiger partial charge in [-0.25, -0.2) is 0 Å². The second kappa shape index (κ2) is 8.71. The van der Waals surface area contributed by atoms with Gasteiger partial charge in [0.1, 0.15) is 5.75 Å². The van der Waals surface area contributed by atoms with Crippen LogP contribution in [0.25, 0.3) is 11.4 Å². The fraction of sp³-hybridized carbons (Fsp3) is 0.136. The molecule has 28 heavy (non-hydrogen) atoms. The molecule has 0 aliphatic carbocycles. The van der Waals surface area contributed by atoms with Crippen LogP contribution < -0.4 is 4.74 Å². The molecule has 0 N–H and O–H groups in total. The molecule has 0 saturated heterocycles. The number of benzene rings is 2. The third-order valence-corrected chi connectivity index (χ3v) is 5.36. The molecule has 4 rings (SSSR count). The van der Waals surface area contributed by atoms with Crippen molar-refractivity contribution in [1.82, 2.24) is 19.7 Å². The molecule has 0 radical (unpaired) electrons. The van der Waals surface area contributed by atoms with Gasteiger partial charge in [0.05, 0.1) is 13.7 Å². The minimum Gasteiger partial charge on any atom is -0.497 e. The van der Waals surface area contributed by atoms with Crippen molar-refractivity contribution in [1.29, 1.82) is 0 Å². The molecule has 0 bridgehead atoms. The van der Waals surface area contributed by atoms with E-state index in [9.17, 15) is 0 Å². The first-order valence-corrected chi connectivity index (χ1v) is 9.95. The van der Waals surface area contributed by atoms with E-state index in [0.717, 1.165) is 28.0 Å². The third kappa shape index (κ3) is 4.23. The molecule has 6 heteroatoms. The molecule has 5 nitrogen and oxygen atoms in total. The molecule has 0 aliphatic rings. The van der Waals surface area contributed by atoms with Crippen LogP contribution in [-0.2, 0) is 12.3 Å². The summed E-state index contributed by atoms with van der Waals surface area (Å²) in [7, 11) is 1.68. The highest BCUT2D eigenvalue weighted by atomic mass is 32.2. The minimum atomic E-state index is 0.707. The molecule has 0 amide bonds. The fourth-order valence-corrected chi connectivity index (χ4v) is 3.80. The molecule has 0 fully saturated rings. The molecule has 0 saturated carbocycles. The lowest BCUT2D eigenvalue weighted by Gasteiger charge is -2.10. The van der Waals surface area contributed by atoms with Crippen molar-refractivity contribution in [3.8, 4) is 17.1 Å². The molecule has 0 aliphatic heterocycles. The van der Waals surface area contributed by atoms with Crippen molar-refractivity contribution in [2.75, 3.05) is 7.11 Å². The standard InChI is InChI=1S/C22H20N4OS/c1-27-20-11-5-9-18(13-20)16-28-22-25-24-21(19-10-6-12-23-14-19)26(22)15-17-7-3-2-4-8-17/h2-14H,15-16H2,1H3. The Morgan fingerprint density at radius 3 is 2.57 bits per heavy atom. The molecule has 140 valence electrons. The van der Waals surface area contributed by atoms with Crippen LogP contribution in [0.5, 0.6) is 5.75 Å².